The van der Waals surface area contributed by atoms with Crippen molar-refractivity contribution in [1.82, 2.24) is 4.98 Å². The van der Waals surface area contributed by atoms with Crippen LogP contribution in [0.5, 0.6) is 0 Å². The van der Waals surface area contributed by atoms with Crippen LogP contribution in [0.1, 0.15) is 31.9 Å². The maximum Gasteiger partial charge on any atom is 0.405 e. The first-order chi connectivity index (χ1) is 14.4. The highest BCUT2D eigenvalue weighted by atomic mass is 16.6. The third-order valence-corrected chi connectivity index (χ3v) is 5.64. The number of amides is 2. The van der Waals surface area contributed by atoms with Crippen LogP contribution in [0.3, 0.4) is 0 Å². The van der Waals surface area contributed by atoms with Gasteiger partial charge in [0.15, 0.2) is 0 Å². The van der Waals surface area contributed by atoms with Crippen molar-refractivity contribution in [2.45, 2.75) is 32.4 Å². The molecule has 2 amide bonds. The second kappa shape index (κ2) is 8.31. The molecule has 4 rings (SSSR count). The molecule has 2 aromatic rings. The molecular formula is C22H26N4O4. The summed E-state index contributed by atoms with van der Waals surface area (Å²) >= 11 is 0. The molecule has 0 saturated carbocycles. The molecular weight excluding hydrogens is 384 g/mol. The molecule has 8 heteroatoms. The Morgan fingerprint density at radius 3 is 2.53 bits per heavy atom. The van der Waals surface area contributed by atoms with E-state index in [1.165, 1.54) is 6.92 Å². The van der Waals surface area contributed by atoms with E-state index in [0.29, 0.717) is 19.6 Å². The average Bonchev–Trinajstić information content (AvgIpc) is 2.73. The fourth-order valence-corrected chi connectivity index (χ4v) is 4.26. The van der Waals surface area contributed by atoms with Crippen molar-refractivity contribution in [3.05, 3.63) is 42.1 Å². The van der Waals surface area contributed by atoms with Gasteiger partial charge in [0, 0.05) is 49.8 Å². The second-order valence-electron chi connectivity index (χ2n) is 7.68. The lowest BCUT2D eigenvalue weighted by molar-refractivity contribution is -0.117. The average molecular weight is 410 g/mol. The number of nitrogens with zero attached hydrogens (tertiary/aromatic N) is 3. The Bertz CT molecular complexity index is 941. The number of carbonyl (C=O) groups excluding carboxylic acids is 2. The van der Waals surface area contributed by atoms with Crippen LogP contribution < -0.4 is 15.5 Å². The molecule has 1 aromatic heterocycles. The predicted octanol–water partition coefficient (Wildman–Crippen LogP) is 2.87. The van der Waals surface area contributed by atoms with Crippen LogP contribution >= 0.6 is 0 Å². The number of hydrogen-bond donors (Lipinski definition) is 1. The van der Waals surface area contributed by atoms with Crippen molar-refractivity contribution in [3.8, 4) is 11.1 Å². The molecule has 158 valence electrons. The molecule has 30 heavy (non-hydrogen) atoms. The topological polar surface area (TPSA) is 98.0 Å². The number of primary amides is 1. The number of benzene rings is 1. The Hall–Kier alpha value is -3.13. The maximum atomic E-state index is 12.2. The third-order valence-electron chi connectivity index (χ3n) is 5.64. The van der Waals surface area contributed by atoms with Crippen LogP contribution in [0.2, 0.25) is 0 Å². The monoisotopic (exact) mass is 410 g/mol. The summed E-state index contributed by atoms with van der Waals surface area (Å²) in [4.78, 5) is 32.2. The Morgan fingerprint density at radius 1 is 1.17 bits per heavy atom. The first-order valence-electron chi connectivity index (χ1n) is 10.1. The van der Waals surface area contributed by atoms with Gasteiger partial charge in [0.1, 0.15) is 11.9 Å². The minimum Gasteiger partial charge on any atom is -0.441 e. The van der Waals surface area contributed by atoms with Gasteiger partial charge in [0.25, 0.3) is 0 Å². The molecule has 1 aromatic carbocycles. The Kier molecular flexibility index (Phi) is 5.59. The highest BCUT2D eigenvalue weighted by Gasteiger charge is 2.34. The number of carbonyl (C=O) groups is 2. The van der Waals surface area contributed by atoms with Gasteiger partial charge in [0.05, 0.1) is 18.9 Å². The number of morpholine rings is 1. The number of fused-ring (bicyclic) bond motifs is 1. The first-order valence-corrected chi connectivity index (χ1v) is 10.1. The smallest absolute Gasteiger partial charge is 0.405 e. The van der Waals surface area contributed by atoms with E-state index < -0.39 is 12.2 Å². The number of aromatic nitrogens is 1. The molecule has 0 aliphatic carbocycles. The Morgan fingerprint density at radius 2 is 1.90 bits per heavy atom. The van der Waals surface area contributed by atoms with Gasteiger partial charge in [-0.15, -0.1) is 0 Å². The Labute approximate surface area is 175 Å². The molecule has 0 radical (unpaired) electrons. The van der Waals surface area contributed by atoms with Crippen molar-refractivity contribution in [2.75, 3.05) is 36.1 Å². The van der Waals surface area contributed by atoms with Gasteiger partial charge in [-0.25, -0.2) is 9.78 Å². The zero-order valence-electron chi connectivity index (χ0n) is 17.2. The molecule has 2 N–H and O–H groups in total. The molecule has 2 aliphatic rings. The van der Waals surface area contributed by atoms with E-state index in [2.05, 4.69) is 9.88 Å². The zero-order valence-corrected chi connectivity index (χ0v) is 17.2. The summed E-state index contributed by atoms with van der Waals surface area (Å²) < 4.78 is 10.8. The van der Waals surface area contributed by atoms with Crippen LogP contribution in [-0.2, 0) is 14.3 Å². The highest BCUT2D eigenvalue weighted by Crippen LogP contribution is 2.41. The first kappa shape index (κ1) is 20.2. The fourth-order valence-electron chi connectivity index (χ4n) is 4.26. The van der Waals surface area contributed by atoms with Crippen molar-refractivity contribution < 1.29 is 19.1 Å². The van der Waals surface area contributed by atoms with Gasteiger partial charge in [-0.2, -0.15) is 0 Å². The summed E-state index contributed by atoms with van der Waals surface area (Å²) in [6, 6.07) is 9.74. The molecule has 0 spiro atoms. The second-order valence-corrected chi connectivity index (χ2v) is 7.68. The fraction of sp³-hybridized carbons (Fsp3) is 0.409. The largest absolute Gasteiger partial charge is 0.441 e. The summed E-state index contributed by atoms with van der Waals surface area (Å²) in [5.41, 5.74) is 8.69. The lowest BCUT2D eigenvalue weighted by atomic mass is 9.91. The summed E-state index contributed by atoms with van der Waals surface area (Å²) in [5.74, 6) is 0.872. The molecule has 2 atom stereocenters. The van der Waals surface area contributed by atoms with E-state index in [1.807, 2.05) is 43.5 Å². The quantitative estimate of drug-likeness (QED) is 0.836. The number of nitrogens with two attached hydrogens (primary N) is 1. The maximum absolute atomic E-state index is 12.2. The standard InChI is InChI=1S/C22H26N4O4/c1-14-11-20(30-22(23)28)18-12-16(3-5-19(18)26(14)15(2)27)17-4-6-21(24-13-17)25-7-9-29-10-8-25/h3-6,12-14,20H,7-11H2,1-2H3,(H2,23,28)/t14-,20+/m0/s1. The number of ether oxygens (including phenoxy) is 2. The predicted molar refractivity (Wildman–Crippen MR) is 113 cm³/mol. The van der Waals surface area contributed by atoms with E-state index in [9.17, 15) is 9.59 Å². The number of pyridine rings is 1. The van der Waals surface area contributed by atoms with Gasteiger partial charge < -0.3 is 25.0 Å². The van der Waals surface area contributed by atoms with Crippen LogP contribution in [-0.4, -0.2) is 49.3 Å². The van der Waals surface area contributed by atoms with Crippen molar-refractivity contribution in [3.63, 3.8) is 0 Å². The lowest BCUT2D eigenvalue weighted by Crippen LogP contribution is -2.43. The van der Waals surface area contributed by atoms with Gasteiger partial charge in [-0.05, 0) is 36.8 Å². The lowest BCUT2D eigenvalue weighted by Gasteiger charge is -2.38. The molecule has 1 fully saturated rings. The zero-order chi connectivity index (χ0) is 21.3. The van der Waals surface area contributed by atoms with Gasteiger partial charge in [-0.3, -0.25) is 4.79 Å². The molecule has 0 bridgehead atoms. The number of anilines is 2. The van der Waals surface area contributed by atoms with Crippen molar-refractivity contribution in [2.24, 2.45) is 5.73 Å². The summed E-state index contributed by atoms with van der Waals surface area (Å²) in [6.45, 7) is 6.55. The molecule has 3 heterocycles. The summed E-state index contributed by atoms with van der Waals surface area (Å²) in [6.07, 6.45) is 1.01. The number of hydrogen-bond acceptors (Lipinski definition) is 6. The van der Waals surface area contributed by atoms with Gasteiger partial charge in [0.2, 0.25) is 5.91 Å². The normalized spacial score (nSPS) is 21.1. The van der Waals surface area contributed by atoms with Crippen LogP contribution in [0.25, 0.3) is 11.1 Å². The van der Waals surface area contributed by atoms with Gasteiger partial charge in [-0.1, -0.05) is 6.07 Å². The van der Waals surface area contributed by atoms with E-state index in [-0.39, 0.29) is 11.9 Å². The van der Waals surface area contributed by atoms with E-state index >= 15 is 0 Å². The summed E-state index contributed by atoms with van der Waals surface area (Å²) in [5, 5.41) is 0. The van der Waals surface area contributed by atoms with E-state index in [0.717, 1.165) is 41.3 Å². The highest BCUT2D eigenvalue weighted by molar-refractivity contribution is 5.94. The molecule has 1 saturated heterocycles. The molecule has 2 aliphatic heterocycles. The van der Waals surface area contributed by atoms with Crippen LogP contribution in [0.4, 0.5) is 16.3 Å². The van der Waals surface area contributed by atoms with Crippen molar-refractivity contribution >= 4 is 23.5 Å². The third kappa shape index (κ3) is 3.95. The van der Waals surface area contributed by atoms with Crippen LogP contribution in [0, 0.1) is 0 Å². The summed E-state index contributed by atoms with van der Waals surface area (Å²) in [7, 11) is 0. The Balaban J connectivity index is 1.67. The SMILES string of the molecule is CC(=O)N1c2ccc(-c3ccc(N4CCOCC4)nc3)cc2[C@H](OC(N)=O)C[C@@H]1C. The minimum atomic E-state index is -0.823. The van der Waals surface area contributed by atoms with Crippen LogP contribution in [0.15, 0.2) is 36.5 Å². The van der Waals surface area contributed by atoms with E-state index in [4.69, 9.17) is 15.2 Å². The minimum absolute atomic E-state index is 0.0504. The van der Waals surface area contributed by atoms with E-state index in [1.54, 1.807) is 4.90 Å². The number of rotatable bonds is 3. The van der Waals surface area contributed by atoms with Crippen molar-refractivity contribution in [1.29, 1.82) is 0 Å². The van der Waals surface area contributed by atoms with Gasteiger partial charge >= 0.3 is 6.09 Å². The molecule has 8 nitrogen and oxygen atoms in total. The molecule has 0 unspecified atom stereocenters.